The first kappa shape index (κ1) is 12.0. The molecule has 2 N–H and O–H groups in total. The molecule has 1 rings (SSSR count). The lowest BCUT2D eigenvalue weighted by Crippen LogP contribution is -2.49. The highest BCUT2D eigenvalue weighted by Crippen LogP contribution is 2.31. The van der Waals surface area contributed by atoms with Gasteiger partial charge >= 0.3 is 5.97 Å². The maximum absolute atomic E-state index is 11.6. The third-order valence-corrected chi connectivity index (χ3v) is 3.18. The molecule has 1 saturated carbocycles. The van der Waals surface area contributed by atoms with Gasteiger partial charge in [-0.05, 0) is 25.7 Å². The van der Waals surface area contributed by atoms with Crippen LogP contribution >= 0.6 is 0 Å². The van der Waals surface area contributed by atoms with Crippen molar-refractivity contribution in [2.75, 3.05) is 0 Å². The number of carbonyl (C=O) groups is 2. The number of amides is 1. The molecule has 0 bridgehead atoms. The molecule has 1 fully saturated rings. The first-order valence-corrected chi connectivity index (χ1v) is 5.57. The van der Waals surface area contributed by atoms with Gasteiger partial charge in [-0.3, -0.25) is 9.59 Å². The van der Waals surface area contributed by atoms with E-state index < -0.39 is 11.5 Å². The lowest BCUT2D eigenvalue weighted by atomic mass is 9.88. The summed E-state index contributed by atoms with van der Waals surface area (Å²) in [5.74, 6) is -0.689. The quantitative estimate of drug-likeness (QED) is 0.703. The molecule has 86 valence electrons. The minimum Gasteiger partial charge on any atom is -0.481 e. The second-order valence-electron chi connectivity index (χ2n) is 4.32. The Bertz CT molecular complexity index is 255. The maximum atomic E-state index is 11.6. The summed E-state index contributed by atoms with van der Waals surface area (Å²) in [7, 11) is 0. The van der Waals surface area contributed by atoms with Gasteiger partial charge < -0.3 is 10.4 Å². The Labute approximate surface area is 90.0 Å². The number of carboxylic acid groups (broad SMARTS) is 1. The minimum absolute atomic E-state index is 0.0124. The van der Waals surface area contributed by atoms with Gasteiger partial charge in [-0.15, -0.1) is 0 Å². The van der Waals surface area contributed by atoms with Crippen LogP contribution in [0.3, 0.4) is 0 Å². The number of rotatable bonds is 6. The molecular formula is C11H19NO3. The lowest BCUT2D eigenvalue weighted by Gasteiger charge is -2.31. The molecule has 0 saturated heterocycles. The molecule has 0 atom stereocenters. The van der Waals surface area contributed by atoms with E-state index in [4.69, 9.17) is 5.11 Å². The topological polar surface area (TPSA) is 66.4 Å². The van der Waals surface area contributed by atoms with Crippen LogP contribution in [0, 0.1) is 5.92 Å². The van der Waals surface area contributed by atoms with Gasteiger partial charge in [0.2, 0.25) is 5.91 Å². The van der Waals surface area contributed by atoms with Crippen LogP contribution in [0.2, 0.25) is 0 Å². The molecule has 1 aliphatic rings. The molecule has 0 aromatic carbocycles. The smallest absolute Gasteiger partial charge is 0.305 e. The van der Waals surface area contributed by atoms with E-state index in [1.165, 1.54) is 0 Å². The standard InChI is InChI=1S/C11H19NO3/c1-3-11(4-2,7-9(13)14)12-10(15)8-5-6-8/h8H,3-7H2,1-2H3,(H,12,15)(H,13,14). The SMILES string of the molecule is CCC(CC)(CC(=O)O)NC(=O)C1CC1. The zero-order valence-electron chi connectivity index (χ0n) is 9.38. The fourth-order valence-electron chi connectivity index (χ4n) is 1.72. The predicted molar refractivity (Wildman–Crippen MR) is 56.4 cm³/mol. The minimum atomic E-state index is -0.852. The molecule has 0 radical (unpaired) electrons. The van der Waals surface area contributed by atoms with Crippen LogP contribution in [-0.4, -0.2) is 22.5 Å². The van der Waals surface area contributed by atoms with Gasteiger partial charge in [-0.25, -0.2) is 0 Å². The van der Waals surface area contributed by atoms with Crippen molar-refractivity contribution in [2.45, 2.75) is 51.5 Å². The van der Waals surface area contributed by atoms with Gasteiger partial charge in [0.1, 0.15) is 0 Å². The van der Waals surface area contributed by atoms with Crippen molar-refractivity contribution in [1.82, 2.24) is 5.32 Å². The van der Waals surface area contributed by atoms with Gasteiger partial charge in [-0.1, -0.05) is 13.8 Å². The van der Waals surface area contributed by atoms with E-state index in [-0.39, 0.29) is 18.2 Å². The van der Waals surface area contributed by atoms with E-state index in [0.717, 1.165) is 12.8 Å². The van der Waals surface area contributed by atoms with Crippen LogP contribution in [0.15, 0.2) is 0 Å². The van der Waals surface area contributed by atoms with Crippen molar-refractivity contribution in [3.8, 4) is 0 Å². The normalized spacial score (nSPS) is 16.1. The second-order valence-corrected chi connectivity index (χ2v) is 4.32. The van der Waals surface area contributed by atoms with E-state index in [2.05, 4.69) is 5.32 Å². The largest absolute Gasteiger partial charge is 0.481 e. The first-order valence-electron chi connectivity index (χ1n) is 5.57. The summed E-state index contributed by atoms with van der Waals surface area (Å²) in [5.41, 5.74) is -0.550. The molecule has 0 aliphatic heterocycles. The average molecular weight is 213 g/mol. The first-order chi connectivity index (χ1) is 7.03. The molecule has 0 heterocycles. The van der Waals surface area contributed by atoms with Crippen LogP contribution in [-0.2, 0) is 9.59 Å². The molecule has 15 heavy (non-hydrogen) atoms. The third-order valence-electron chi connectivity index (χ3n) is 3.18. The Morgan fingerprint density at radius 1 is 1.33 bits per heavy atom. The van der Waals surface area contributed by atoms with E-state index in [1.807, 2.05) is 13.8 Å². The van der Waals surface area contributed by atoms with Crippen molar-refractivity contribution in [3.63, 3.8) is 0 Å². The number of aliphatic carboxylic acids is 1. The number of carbonyl (C=O) groups excluding carboxylic acids is 1. The number of carboxylic acids is 1. The summed E-state index contributed by atoms with van der Waals surface area (Å²) in [4.78, 5) is 22.4. The Hall–Kier alpha value is -1.06. The molecule has 1 aliphatic carbocycles. The van der Waals surface area contributed by atoms with Crippen molar-refractivity contribution in [3.05, 3.63) is 0 Å². The highest BCUT2D eigenvalue weighted by molar-refractivity contribution is 5.82. The van der Waals surface area contributed by atoms with Crippen LogP contribution in [0.5, 0.6) is 0 Å². The maximum Gasteiger partial charge on any atom is 0.305 e. The number of hydrogen-bond donors (Lipinski definition) is 2. The van der Waals surface area contributed by atoms with Gasteiger partial charge in [0.15, 0.2) is 0 Å². The Morgan fingerprint density at radius 3 is 2.20 bits per heavy atom. The Kier molecular flexibility index (Phi) is 3.72. The zero-order chi connectivity index (χ0) is 11.5. The highest BCUT2D eigenvalue weighted by Gasteiger charge is 2.36. The molecule has 4 nitrogen and oxygen atoms in total. The Morgan fingerprint density at radius 2 is 1.87 bits per heavy atom. The summed E-state index contributed by atoms with van der Waals surface area (Å²) in [6.07, 6.45) is 3.23. The summed E-state index contributed by atoms with van der Waals surface area (Å²) in [6, 6.07) is 0. The van der Waals surface area contributed by atoms with Crippen molar-refractivity contribution in [2.24, 2.45) is 5.92 Å². The fraction of sp³-hybridized carbons (Fsp3) is 0.818. The molecule has 0 aromatic heterocycles. The summed E-state index contributed by atoms with van der Waals surface area (Å²) in [5, 5.41) is 11.7. The Balaban J connectivity index is 2.61. The van der Waals surface area contributed by atoms with Crippen LogP contribution in [0.4, 0.5) is 0 Å². The lowest BCUT2D eigenvalue weighted by molar-refractivity contribution is -0.139. The number of nitrogens with one attached hydrogen (secondary N) is 1. The molecule has 1 amide bonds. The fourth-order valence-corrected chi connectivity index (χ4v) is 1.72. The van der Waals surface area contributed by atoms with E-state index in [9.17, 15) is 9.59 Å². The molecular weight excluding hydrogens is 194 g/mol. The van der Waals surface area contributed by atoms with Gasteiger partial charge in [-0.2, -0.15) is 0 Å². The third kappa shape index (κ3) is 3.22. The summed E-state index contributed by atoms with van der Waals surface area (Å²) >= 11 is 0. The predicted octanol–water partition coefficient (Wildman–Crippen LogP) is 1.55. The molecule has 0 aromatic rings. The monoisotopic (exact) mass is 213 g/mol. The average Bonchev–Trinajstić information content (AvgIpc) is 2.99. The van der Waals surface area contributed by atoms with Crippen LogP contribution in [0.1, 0.15) is 46.0 Å². The molecule has 4 heteroatoms. The second kappa shape index (κ2) is 4.64. The summed E-state index contributed by atoms with van der Waals surface area (Å²) < 4.78 is 0. The van der Waals surface area contributed by atoms with E-state index >= 15 is 0 Å². The van der Waals surface area contributed by atoms with Crippen molar-refractivity contribution >= 4 is 11.9 Å². The number of hydrogen-bond acceptors (Lipinski definition) is 2. The van der Waals surface area contributed by atoms with Crippen LogP contribution < -0.4 is 5.32 Å². The van der Waals surface area contributed by atoms with E-state index in [0.29, 0.717) is 12.8 Å². The van der Waals surface area contributed by atoms with Crippen molar-refractivity contribution < 1.29 is 14.7 Å². The zero-order valence-corrected chi connectivity index (χ0v) is 9.38. The van der Waals surface area contributed by atoms with Gasteiger partial charge in [0.05, 0.1) is 6.42 Å². The van der Waals surface area contributed by atoms with Gasteiger partial charge in [0, 0.05) is 11.5 Å². The summed E-state index contributed by atoms with van der Waals surface area (Å²) in [6.45, 7) is 3.83. The van der Waals surface area contributed by atoms with E-state index in [1.54, 1.807) is 0 Å². The highest BCUT2D eigenvalue weighted by atomic mass is 16.4. The van der Waals surface area contributed by atoms with Crippen molar-refractivity contribution in [1.29, 1.82) is 0 Å². The van der Waals surface area contributed by atoms with Crippen LogP contribution in [0.25, 0.3) is 0 Å². The molecule has 0 unspecified atom stereocenters. The van der Waals surface area contributed by atoms with Gasteiger partial charge in [0.25, 0.3) is 0 Å². The molecule has 0 spiro atoms.